The van der Waals surface area contributed by atoms with Crippen LogP contribution in [0.15, 0.2) is 15.6 Å². The fourth-order valence-electron chi connectivity index (χ4n) is 2.38. The minimum atomic E-state index is -0.0269. The molecule has 6 heteroatoms. The second-order valence-corrected chi connectivity index (χ2v) is 6.55. The number of aromatic nitrogens is 1. The van der Waals surface area contributed by atoms with Gasteiger partial charge in [0.2, 0.25) is 5.89 Å². The molecule has 1 aliphatic rings. The molecule has 21 heavy (non-hydrogen) atoms. The summed E-state index contributed by atoms with van der Waals surface area (Å²) in [5, 5.41) is 3.28. The largest absolute Gasteiger partial charge is 0.443 e. The molecule has 0 atom stereocenters. The second kappa shape index (κ2) is 8.00. The lowest BCUT2D eigenvalue weighted by molar-refractivity contribution is 0.383. The van der Waals surface area contributed by atoms with Crippen molar-refractivity contribution < 1.29 is 4.42 Å². The van der Waals surface area contributed by atoms with Gasteiger partial charge in [0.25, 0.3) is 0 Å². The lowest BCUT2D eigenvalue weighted by Gasteiger charge is -2.23. The van der Waals surface area contributed by atoms with E-state index in [1.54, 1.807) is 6.20 Å². The maximum atomic E-state index is 5.91. The third kappa shape index (κ3) is 5.84. The van der Waals surface area contributed by atoms with E-state index in [9.17, 15) is 0 Å². The lowest BCUT2D eigenvalue weighted by atomic mass is 9.94. The summed E-state index contributed by atoms with van der Waals surface area (Å²) in [7, 11) is 0. The minimum absolute atomic E-state index is 0. The molecule has 120 valence electrons. The second-order valence-electron chi connectivity index (χ2n) is 6.55. The van der Waals surface area contributed by atoms with Crippen molar-refractivity contribution in [2.75, 3.05) is 0 Å². The zero-order valence-electron chi connectivity index (χ0n) is 13.2. The van der Waals surface area contributed by atoms with E-state index in [1.165, 1.54) is 32.1 Å². The van der Waals surface area contributed by atoms with Crippen LogP contribution >= 0.6 is 24.0 Å². The highest BCUT2D eigenvalue weighted by molar-refractivity contribution is 14.0. The predicted octanol–water partition coefficient (Wildman–Crippen LogP) is 3.33. The van der Waals surface area contributed by atoms with Crippen LogP contribution in [0.2, 0.25) is 0 Å². The first-order valence-corrected chi connectivity index (χ1v) is 7.47. The van der Waals surface area contributed by atoms with Gasteiger partial charge in [0.1, 0.15) is 12.3 Å². The number of rotatable bonds is 3. The Morgan fingerprint density at radius 2 is 2.05 bits per heavy atom. The molecule has 0 unspecified atom stereocenters. The molecule has 0 aromatic carbocycles. The Morgan fingerprint density at radius 1 is 1.38 bits per heavy atom. The first-order valence-electron chi connectivity index (χ1n) is 7.47. The number of aliphatic imine (C=N–C) groups is 1. The summed E-state index contributed by atoms with van der Waals surface area (Å²) >= 11 is 0. The zero-order chi connectivity index (χ0) is 14.6. The summed E-state index contributed by atoms with van der Waals surface area (Å²) in [6.07, 6.45) is 8.03. The SMILES string of the molecule is CC(C)(C)c1cnc(CN=C(N)NC2CCCCC2)o1.I. The van der Waals surface area contributed by atoms with Crippen molar-refractivity contribution in [2.45, 2.75) is 70.9 Å². The summed E-state index contributed by atoms with van der Waals surface area (Å²) in [6, 6.07) is 0.474. The molecule has 3 N–H and O–H groups in total. The van der Waals surface area contributed by atoms with E-state index in [1.807, 2.05) is 0 Å². The van der Waals surface area contributed by atoms with Crippen LogP contribution in [0.3, 0.4) is 0 Å². The van der Waals surface area contributed by atoms with Gasteiger partial charge in [0, 0.05) is 11.5 Å². The highest BCUT2D eigenvalue weighted by Crippen LogP contribution is 2.22. The Labute approximate surface area is 144 Å². The van der Waals surface area contributed by atoms with E-state index >= 15 is 0 Å². The number of nitrogens with zero attached hydrogens (tertiary/aromatic N) is 2. The van der Waals surface area contributed by atoms with Crippen molar-refractivity contribution >= 4 is 29.9 Å². The first-order chi connectivity index (χ1) is 9.45. The van der Waals surface area contributed by atoms with Gasteiger partial charge in [-0.15, -0.1) is 24.0 Å². The van der Waals surface area contributed by atoms with Crippen molar-refractivity contribution in [1.29, 1.82) is 0 Å². The fourth-order valence-corrected chi connectivity index (χ4v) is 2.38. The number of nitrogens with one attached hydrogen (secondary N) is 1. The highest BCUT2D eigenvalue weighted by Gasteiger charge is 2.19. The van der Waals surface area contributed by atoms with E-state index in [2.05, 4.69) is 36.1 Å². The molecule has 1 heterocycles. The average molecular weight is 406 g/mol. The number of guanidine groups is 1. The van der Waals surface area contributed by atoms with Crippen molar-refractivity contribution in [3.8, 4) is 0 Å². The van der Waals surface area contributed by atoms with Gasteiger partial charge in [-0.05, 0) is 12.8 Å². The summed E-state index contributed by atoms with van der Waals surface area (Å²) < 4.78 is 5.69. The Morgan fingerprint density at radius 3 is 2.62 bits per heavy atom. The number of hydrogen-bond acceptors (Lipinski definition) is 3. The van der Waals surface area contributed by atoms with Gasteiger partial charge in [-0.2, -0.15) is 0 Å². The predicted molar refractivity (Wildman–Crippen MR) is 96.0 cm³/mol. The van der Waals surface area contributed by atoms with E-state index < -0.39 is 0 Å². The molecule has 2 rings (SSSR count). The Bertz CT molecular complexity index is 458. The van der Waals surface area contributed by atoms with Gasteiger partial charge in [-0.3, -0.25) is 0 Å². The lowest BCUT2D eigenvalue weighted by Crippen LogP contribution is -2.41. The minimum Gasteiger partial charge on any atom is -0.443 e. The van der Waals surface area contributed by atoms with Crippen LogP contribution in [0.1, 0.15) is 64.5 Å². The van der Waals surface area contributed by atoms with E-state index in [0.717, 1.165) is 5.76 Å². The molecule has 0 aliphatic heterocycles. The number of hydrogen-bond donors (Lipinski definition) is 2. The van der Waals surface area contributed by atoms with Crippen molar-refractivity contribution in [2.24, 2.45) is 10.7 Å². The maximum Gasteiger partial charge on any atom is 0.216 e. The molecular formula is C15H27IN4O. The monoisotopic (exact) mass is 406 g/mol. The Hall–Kier alpha value is -0.790. The molecule has 1 aromatic heterocycles. The van der Waals surface area contributed by atoms with Crippen molar-refractivity contribution in [3.63, 3.8) is 0 Å². The van der Waals surface area contributed by atoms with E-state index in [0.29, 0.717) is 24.4 Å². The Balaban J connectivity index is 0.00000220. The fraction of sp³-hybridized carbons (Fsp3) is 0.733. The molecule has 5 nitrogen and oxygen atoms in total. The molecule has 1 saturated carbocycles. The molecule has 0 bridgehead atoms. The van der Waals surface area contributed by atoms with Gasteiger partial charge in [-0.25, -0.2) is 9.98 Å². The summed E-state index contributed by atoms with van der Waals surface area (Å²) in [5.41, 5.74) is 5.89. The summed E-state index contributed by atoms with van der Waals surface area (Å²) in [5.74, 6) is 1.98. The van der Waals surface area contributed by atoms with E-state index in [4.69, 9.17) is 10.2 Å². The smallest absolute Gasteiger partial charge is 0.216 e. The zero-order valence-corrected chi connectivity index (χ0v) is 15.5. The van der Waals surface area contributed by atoms with Gasteiger partial charge in [-0.1, -0.05) is 40.0 Å². The number of oxazole rings is 1. The molecule has 1 aliphatic carbocycles. The van der Waals surface area contributed by atoms with Crippen LogP contribution in [0.5, 0.6) is 0 Å². The van der Waals surface area contributed by atoms with Gasteiger partial charge in [0.05, 0.1) is 6.20 Å². The first kappa shape index (κ1) is 18.3. The van der Waals surface area contributed by atoms with Gasteiger partial charge >= 0.3 is 0 Å². The third-order valence-corrected chi connectivity index (χ3v) is 3.63. The number of halogens is 1. The number of nitrogens with two attached hydrogens (primary N) is 1. The molecule has 0 saturated heterocycles. The molecule has 0 radical (unpaired) electrons. The molecular weight excluding hydrogens is 379 g/mol. The third-order valence-electron chi connectivity index (χ3n) is 3.63. The highest BCUT2D eigenvalue weighted by atomic mass is 127. The van der Waals surface area contributed by atoms with Crippen molar-refractivity contribution in [3.05, 3.63) is 17.8 Å². The normalized spacial score (nSPS) is 17.4. The van der Waals surface area contributed by atoms with Crippen LogP contribution < -0.4 is 11.1 Å². The van der Waals surface area contributed by atoms with Crippen LogP contribution in [-0.2, 0) is 12.0 Å². The summed E-state index contributed by atoms with van der Waals surface area (Å²) in [6.45, 7) is 6.68. The van der Waals surface area contributed by atoms with Crippen LogP contribution in [-0.4, -0.2) is 17.0 Å². The average Bonchev–Trinajstić information content (AvgIpc) is 2.86. The standard InChI is InChI=1S/C15H26N4O.HI/c1-15(2,3)12-9-17-13(20-12)10-18-14(16)19-11-7-5-4-6-8-11;/h9,11H,4-8,10H2,1-3H3,(H3,16,18,19);1H. The topological polar surface area (TPSA) is 76.4 Å². The molecule has 0 amide bonds. The summed E-state index contributed by atoms with van der Waals surface area (Å²) in [4.78, 5) is 8.56. The molecule has 1 aromatic rings. The molecule has 1 fully saturated rings. The van der Waals surface area contributed by atoms with Gasteiger partial charge < -0.3 is 15.5 Å². The van der Waals surface area contributed by atoms with Crippen LogP contribution in [0, 0.1) is 0 Å². The quantitative estimate of drug-likeness (QED) is 0.459. The van der Waals surface area contributed by atoms with Crippen LogP contribution in [0.4, 0.5) is 0 Å². The maximum absolute atomic E-state index is 5.91. The van der Waals surface area contributed by atoms with E-state index in [-0.39, 0.29) is 29.4 Å². The van der Waals surface area contributed by atoms with Gasteiger partial charge in [0.15, 0.2) is 5.96 Å². The molecule has 0 spiro atoms. The van der Waals surface area contributed by atoms with Crippen molar-refractivity contribution in [1.82, 2.24) is 10.3 Å². The Kier molecular flexibility index (Phi) is 6.96. The van der Waals surface area contributed by atoms with Crippen LogP contribution in [0.25, 0.3) is 0 Å².